The van der Waals surface area contributed by atoms with Gasteiger partial charge in [0.25, 0.3) is 6.43 Å². The van der Waals surface area contributed by atoms with Gasteiger partial charge in [-0.1, -0.05) is 13.8 Å². The van der Waals surface area contributed by atoms with Crippen molar-refractivity contribution in [3.05, 3.63) is 0 Å². The zero-order valence-corrected chi connectivity index (χ0v) is 9.80. The minimum atomic E-state index is -2.93. The topological polar surface area (TPSA) is 23.5 Å². The number of aliphatic hydroxyl groups is 1. The van der Waals surface area contributed by atoms with Gasteiger partial charge in [0.2, 0.25) is 6.30 Å². The van der Waals surface area contributed by atoms with Crippen molar-refractivity contribution >= 4 is 0 Å². The molecule has 5 heteroatoms. The standard InChI is InChI=1S/C11H20F3NO/c1-11(2,7-16)8-3-5-15(6-4-8)10(14)9(12)13/h8-10,16H,3-7H2,1-2H3. The zero-order valence-electron chi connectivity index (χ0n) is 9.80. The molecule has 0 aromatic carbocycles. The van der Waals surface area contributed by atoms with Crippen LogP contribution in [0, 0.1) is 11.3 Å². The van der Waals surface area contributed by atoms with Crippen molar-refractivity contribution in [3.8, 4) is 0 Å². The van der Waals surface area contributed by atoms with Crippen LogP contribution in [0.15, 0.2) is 0 Å². The maximum absolute atomic E-state index is 13.0. The highest BCUT2D eigenvalue weighted by Gasteiger charge is 2.36. The van der Waals surface area contributed by atoms with Gasteiger partial charge in [0.1, 0.15) is 0 Å². The summed E-state index contributed by atoms with van der Waals surface area (Å²) in [5, 5.41) is 9.20. The molecular weight excluding hydrogens is 219 g/mol. The van der Waals surface area contributed by atoms with E-state index in [0.717, 1.165) is 0 Å². The fraction of sp³-hybridized carbons (Fsp3) is 1.00. The van der Waals surface area contributed by atoms with Gasteiger partial charge >= 0.3 is 0 Å². The monoisotopic (exact) mass is 239 g/mol. The molecule has 2 nitrogen and oxygen atoms in total. The number of halogens is 3. The maximum atomic E-state index is 13.0. The van der Waals surface area contributed by atoms with Crippen molar-refractivity contribution in [2.24, 2.45) is 11.3 Å². The fourth-order valence-electron chi connectivity index (χ4n) is 2.22. The van der Waals surface area contributed by atoms with E-state index < -0.39 is 12.7 Å². The Labute approximate surface area is 94.4 Å². The van der Waals surface area contributed by atoms with Gasteiger partial charge in [-0.2, -0.15) is 0 Å². The average molecular weight is 239 g/mol. The lowest BCUT2D eigenvalue weighted by Gasteiger charge is -2.40. The van der Waals surface area contributed by atoms with Crippen LogP contribution < -0.4 is 0 Å². The van der Waals surface area contributed by atoms with Gasteiger partial charge in [0, 0.05) is 19.7 Å². The second-order valence-corrected chi connectivity index (χ2v) is 5.16. The fourth-order valence-corrected chi connectivity index (χ4v) is 2.22. The molecule has 1 saturated heterocycles. The van der Waals surface area contributed by atoms with E-state index in [9.17, 15) is 18.3 Å². The quantitative estimate of drug-likeness (QED) is 0.761. The zero-order chi connectivity index (χ0) is 12.3. The van der Waals surface area contributed by atoms with Gasteiger partial charge in [0.15, 0.2) is 0 Å². The third-order valence-electron chi connectivity index (χ3n) is 3.60. The first-order chi connectivity index (χ1) is 7.38. The minimum Gasteiger partial charge on any atom is -0.396 e. The highest BCUT2D eigenvalue weighted by atomic mass is 19.3. The van der Waals surface area contributed by atoms with Crippen molar-refractivity contribution in [3.63, 3.8) is 0 Å². The van der Waals surface area contributed by atoms with Crippen molar-refractivity contribution in [1.29, 1.82) is 0 Å². The predicted molar refractivity (Wildman–Crippen MR) is 56.1 cm³/mol. The Bertz CT molecular complexity index is 215. The third kappa shape index (κ3) is 3.10. The summed E-state index contributed by atoms with van der Waals surface area (Å²) in [5.74, 6) is 0.277. The van der Waals surface area contributed by atoms with Crippen LogP contribution in [0.25, 0.3) is 0 Å². The van der Waals surface area contributed by atoms with Crippen molar-refractivity contribution in [1.82, 2.24) is 4.90 Å². The molecule has 0 radical (unpaired) electrons. The molecule has 0 amide bonds. The summed E-state index contributed by atoms with van der Waals surface area (Å²) in [7, 11) is 0. The molecule has 1 atom stereocenters. The Morgan fingerprint density at radius 3 is 2.12 bits per heavy atom. The summed E-state index contributed by atoms with van der Waals surface area (Å²) in [6.45, 7) is 4.67. The minimum absolute atomic E-state index is 0.0750. The third-order valence-corrected chi connectivity index (χ3v) is 3.60. The second-order valence-electron chi connectivity index (χ2n) is 5.16. The Balaban J connectivity index is 2.45. The van der Waals surface area contributed by atoms with Gasteiger partial charge in [-0.3, -0.25) is 4.90 Å². The van der Waals surface area contributed by atoms with Gasteiger partial charge in [-0.15, -0.1) is 0 Å². The van der Waals surface area contributed by atoms with Gasteiger partial charge in [-0.05, 0) is 24.2 Å². The van der Waals surface area contributed by atoms with Crippen LogP contribution >= 0.6 is 0 Å². The Morgan fingerprint density at radius 2 is 1.75 bits per heavy atom. The molecule has 16 heavy (non-hydrogen) atoms. The van der Waals surface area contributed by atoms with Crippen LogP contribution in [0.1, 0.15) is 26.7 Å². The Hall–Kier alpha value is -0.290. The molecule has 1 fully saturated rings. The molecule has 1 heterocycles. The lowest BCUT2D eigenvalue weighted by Crippen LogP contribution is -2.45. The van der Waals surface area contributed by atoms with Crippen molar-refractivity contribution in [2.45, 2.75) is 39.4 Å². The smallest absolute Gasteiger partial charge is 0.282 e. The predicted octanol–water partition coefficient (Wildman–Crippen LogP) is 2.28. The van der Waals surface area contributed by atoms with E-state index in [4.69, 9.17) is 0 Å². The Kier molecular flexibility index (Phi) is 4.62. The number of hydrogen-bond acceptors (Lipinski definition) is 2. The molecule has 0 saturated carbocycles. The lowest BCUT2D eigenvalue weighted by atomic mass is 9.74. The summed E-state index contributed by atoms with van der Waals surface area (Å²) in [6.07, 6.45) is -3.73. The van der Waals surface area contributed by atoms with Crippen LogP contribution in [0.2, 0.25) is 0 Å². The highest BCUT2D eigenvalue weighted by molar-refractivity contribution is 4.84. The maximum Gasteiger partial charge on any atom is 0.282 e. The van der Waals surface area contributed by atoms with E-state index in [-0.39, 0.29) is 17.9 Å². The summed E-state index contributed by atoms with van der Waals surface area (Å²) in [6, 6.07) is 0. The summed E-state index contributed by atoms with van der Waals surface area (Å²) in [4.78, 5) is 1.19. The van der Waals surface area contributed by atoms with Crippen LogP contribution in [0.4, 0.5) is 13.2 Å². The first-order valence-corrected chi connectivity index (χ1v) is 5.65. The molecule has 0 bridgehead atoms. The Morgan fingerprint density at radius 1 is 1.25 bits per heavy atom. The van der Waals surface area contributed by atoms with Gasteiger partial charge < -0.3 is 5.11 Å². The molecule has 1 N–H and O–H groups in total. The number of aliphatic hydroxyl groups excluding tert-OH is 1. The molecular formula is C11H20F3NO. The number of rotatable bonds is 4. The van der Waals surface area contributed by atoms with Crippen LogP contribution in [0.5, 0.6) is 0 Å². The summed E-state index contributed by atoms with van der Waals surface area (Å²) < 4.78 is 37.4. The summed E-state index contributed by atoms with van der Waals surface area (Å²) in [5.41, 5.74) is -0.206. The van der Waals surface area contributed by atoms with Crippen LogP contribution in [0.3, 0.4) is 0 Å². The first kappa shape index (κ1) is 13.8. The molecule has 1 aliphatic rings. The molecule has 96 valence electrons. The van der Waals surface area contributed by atoms with Crippen LogP contribution in [-0.4, -0.2) is 42.4 Å². The largest absolute Gasteiger partial charge is 0.396 e. The molecule has 1 rings (SSSR count). The number of alkyl halides is 3. The van der Waals surface area contributed by atoms with Crippen molar-refractivity contribution in [2.75, 3.05) is 19.7 Å². The average Bonchev–Trinajstić information content (AvgIpc) is 2.28. The highest BCUT2D eigenvalue weighted by Crippen LogP contribution is 2.35. The number of likely N-dealkylation sites (tertiary alicyclic amines) is 1. The normalized spacial score (nSPS) is 22.7. The van der Waals surface area contributed by atoms with Gasteiger partial charge in [-0.25, -0.2) is 13.2 Å². The molecule has 0 aromatic rings. The molecule has 1 unspecified atom stereocenters. The van der Waals surface area contributed by atoms with E-state index in [1.54, 1.807) is 0 Å². The molecule has 0 aromatic heterocycles. The summed E-state index contributed by atoms with van der Waals surface area (Å²) >= 11 is 0. The van der Waals surface area contributed by atoms with E-state index in [0.29, 0.717) is 25.9 Å². The number of piperidine rings is 1. The first-order valence-electron chi connectivity index (χ1n) is 5.65. The van der Waals surface area contributed by atoms with E-state index in [2.05, 4.69) is 0 Å². The van der Waals surface area contributed by atoms with Crippen LogP contribution in [-0.2, 0) is 0 Å². The molecule has 1 aliphatic heterocycles. The SMILES string of the molecule is CC(C)(CO)C1CCN(C(F)C(F)F)CC1. The molecule has 0 aliphatic carbocycles. The molecule has 0 spiro atoms. The van der Waals surface area contributed by atoms with Crippen molar-refractivity contribution < 1.29 is 18.3 Å². The van der Waals surface area contributed by atoms with Gasteiger partial charge in [0.05, 0.1) is 0 Å². The van der Waals surface area contributed by atoms with E-state index >= 15 is 0 Å². The van der Waals surface area contributed by atoms with E-state index in [1.165, 1.54) is 4.90 Å². The number of hydrogen-bond donors (Lipinski definition) is 1. The van der Waals surface area contributed by atoms with E-state index in [1.807, 2.05) is 13.8 Å². The number of nitrogens with zero attached hydrogens (tertiary/aromatic N) is 1. The second kappa shape index (κ2) is 5.36. The lowest BCUT2D eigenvalue weighted by molar-refractivity contribution is -0.0706.